The summed E-state index contributed by atoms with van der Waals surface area (Å²) < 4.78 is 0. The standard InChI is InChI=1S/C10H18N2.C3H9N.H2/c1-3-6-12-10-5-4-9(11)7-8(10)2;1-3-4-2;/h4-5,7-8,10,12H,3,6,11H2,1-2H3;4H,3H2,1-2H3;1H. The second-order valence-corrected chi connectivity index (χ2v) is 4.07. The zero-order valence-electron chi connectivity index (χ0n) is 11.1. The number of hydrogen-bond donors (Lipinski definition) is 3. The molecule has 0 aromatic rings. The van der Waals surface area contributed by atoms with Crippen LogP contribution in [0.1, 0.15) is 28.6 Å². The number of allylic oxidation sites excluding steroid dienone is 1. The predicted octanol–water partition coefficient (Wildman–Crippen LogP) is 1.87. The summed E-state index contributed by atoms with van der Waals surface area (Å²) in [5.74, 6) is 0.515. The van der Waals surface area contributed by atoms with Crippen LogP contribution in [-0.2, 0) is 0 Å². The molecule has 4 N–H and O–H groups in total. The lowest BCUT2D eigenvalue weighted by molar-refractivity contribution is 0.493. The molecule has 1 rings (SSSR count). The molecule has 1 aliphatic carbocycles. The molecule has 3 nitrogen and oxygen atoms in total. The quantitative estimate of drug-likeness (QED) is 0.687. The summed E-state index contributed by atoms with van der Waals surface area (Å²) in [5, 5.41) is 6.39. The van der Waals surface area contributed by atoms with Crippen LogP contribution in [0.2, 0.25) is 0 Å². The monoisotopic (exact) mass is 227 g/mol. The minimum Gasteiger partial charge on any atom is -0.399 e. The Bertz CT molecular complexity index is 225. The third-order valence-corrected chi connectivity index (χ3v) is 2.50. The molecule has 0 spiro atoms. The fourth-order valence-electron chi connectivity index (χ4n) is 1.42. The molecule has 0 bridgehead atoms. The largest absolute Gasteiger partial charge is 0.399 e. The van der Waals surface area contributed by atoms with Crippen LogP contribution in [-0.4, -0.2) is 26.2 Å². The van der Waals surface area contributed by atoms with Crippen molar-refractivity contribution in [1.29, 1.82) is 0 Å². The molecule has 0 aliphatic heterocycles. The fraction of sp³-hybridized carbons (Fsp3) is 0.692. The Morgan fingerprint density at radius 1 is 1.44 bits per heavy atom. The van der Waals surface area contributed by atoms with E-state index in [0.717, 1.165) is 18.8 Å². The van der Waals surface area contributed by atoms with Gasteiger partial charge in [-0.25, -0.2) is 0 Å². The maximum absolute atomic E-state index is 5.66. The van der Waals surface area contributed by atoms with Crippen molar-refractivity contribution in [2.75, 3.05) is 20.1 Å². The summed E-state index contributed by atoms with van der Waals surface area (Å²) in [7, 11) is 1.93. The Hall–Kier alpha value is -0.800. The smallest absolute Gasteiger partial charge is 0.0315 e. The third kappa shape index (κ3) is 6.64. The first-order valence-corrected chi connectivity index (χ1v) is 6.19. The van der Waals surface area contributed by atoms with E-state index in [-0.39, 0.29) is 1.43 Å². The Kier molecular flexibility index (Phi) is 8.96. The highest BCUT2D eigenvalue weighted by atomic mass is 14.9. The molecule has 1 aliphatic rings. The number of nitrogens with two attached hydrogens (primary N) is 1. The molecule has 0 amide bonds. The van der Waals surface area contributed by atoms with Crippen LogP contribution in [0.15, 0.2) is 23.9 Å². The molecule has 2 unspecified atom stereocenters. The van der Waals surface area contributed by atoms with E-state index in [9.17, 15) is 0 Å². The fourth-order valence-corrected chi connectivity index (χ4v) is 1.42. The summed E-state index contributed by atoms with van der Waals surface area (Å²) in [6.45, 7) is 8.57. The molecule has 0 radical (unpaired) electrons. The average Bonchev–Trinajstić information content (AvgIpc) is 2.28. The first-order valence-electron chi connectivity index (χ1n) is 6.19. The minimum atomic E-state index is 0. The molecule has 2 atom stereocenters. The molecular weight excluding hydrogens is 198 g/mol. The second kappa shape index (κ2) is 9.43. The molecular formula is C13H29N3. The summed E-state index contributed by atoms with van der Waals surface area (Å²) in [6.07, 6.45) is 7.41. The van der Waals surface area contributed by atoms with Crippen molar-refractivity contribution < 1.29 is 1.43 Å². The van der Waals surface area contributed by atoms with E-state index in [4.69, 9.17) is 5.73 Å². The SMILES string of the molecule is CCCNC1C=CC(N)=CC1C.CCNC.[HH]. The normalized spacial score (nSPS) is 23.4. The third-order valence-electron chi connectivity index (χ3n) is 2.50. The number of nitrogens with one attached hydrogen (secondary N) is 2. The highest BCUT2D eigenvalue weighted by Crippen LogP contribution is 2.13. The van der Waals surface area contributed by atoms with Crippen LogP contribution < -0.4 is 16.4 Å². The van der Waals surface area contributed by atoms with Crippen LogP contribution in [0.25, 0.3) is 0 Å². The molecule has 0 aromatic heterocycles. The van der Waals surface area contributed by atoms with Crippen LogP contribution in [0.3, 0.4) is 0 Å². The summed E-state index contributed by atoms with van der Waals surface area (Å²) in [6, 6.07) is 0.470. The second-order valence-electron chi connectivity index (χ2n) is 4.07. The highest BCUT2D eigenvalue weighted by Gasteiger charge is 2.14. The molecule has 3 heteroatoms. The van der Waals surface area contributed by atoms with E-state index in [1.807, 2.05) is 13.1 Å². The first-order chi connectivity index (χ1) is 7.65. The maximum Gasteiger partial charge on any atom is 0.0315 e. The summed E-state index contributed by atoms with van der Waals surface area (Å²) in [4.78, 5) is 0. The van der Waals surface area contributed by atoms with Gasteiger partial charge in [0.25, 0.3) is 0 Å². The Balaban J connectivity index is 0. The van der Waals surface area contributed by atoms with Crippen molar-refractivity contribution in [3.63, 3.8) is 0 Å². The Morgan fingerprint density at radius 3 is 2.50 bits per heavy atom. The van der Waals surface area contributed by atoms with Crippen LogP contribution in [0.4, 0.5) is 0 Å². The van der Waals surface area contributed by atoms with E-state index in [2.05, 4.69) is 43.6 Å². The maximum atomic E-state index is 5.66. The predicted molar refractivity (Wildman–Crippen MR) is 74.4 cm³/mol. The van der Waals surface area contributed by atoms with Gasteiger partial charge in [0.1, 0.15) is 0 Å². The molecule has 0 fully saturated rings. The van der Waals surface area contributed by atoms with Crippen molar-refractivity contribution in [1.82, 2.24) is 10.6 Å². The van der Waals surface area contributed by atoms with Gasteiger partial charge in [-0.2, -0.15) is 0 Å². The number of rotatable bonds is 4. The van der Waals surface area contributed by atoms with Crippen molar-refractivity contribution in [2.45, 2.75) is 33.2 Å². The minimum absolute atomic E-state index is 0. The highest BCUT2D eigenvalue weighted by molar-refractivity contribution is 5.24. The molecule has 0 aromatic carbocycles. The molecule has 0 saturated carbocycles. The van der Waals surface area contributed by atoms with Gasteiger partial charge >= 0.3 is 0 Å². The van der Waals surface area contributed by atoms with E-state index in [1.54, 1.807) is 0 Å². The van der Waals surface area contributed by atoms with Gasteiger partial charge in [0.2, 0.25) is 0 Å². The van der Waals surface area contributed by atoms with Gasteiger partial charge in [-0.15, -0.1) is 0 Å². The van der Waals surface area contributed by atoms with Crippen LogP contribution in [0.5, 0.6) is 0 Å². The zero-order valence-corrected chi connectivity index (χ0v) is 11.1. The van der Waals surface area contributed by atoms with E-state index < -0.39 is 0 Å². The first kappa shape index (κ1) is 15.2. The average molecular weight is 227 g/mol. The lowest BCUT2D eigenvalue weighted by Crippen LogP contribution is -2.34. The van der Waals surface area contributed by atoms with Crippen LogP contribution >= 0.6 is 0 Å². The summed E-state index contributed by atoms with van der Waals surface area (Å²) in [5.41, 5.74) is 6.55. The topological polar surface area (TPSA) is 50.1 Å². The van der Waals surface area contributed by atoms with Gasteiger partial charge in [-0.05, 0) is 38.6 Å². The van der Waals surface area contributed by atoms with Gasteiger partial charge in [0, 0.05) is 13.2 Å². The van der Waals surface area contributed by atoms with E-state index in [0.29, 0.717) is 12.0 Å². The van der Waals surface area contributed by atoms with Crippen molar-refractivity contribution in [2.24, 2.45) is 11.7 Å². The molecule has 0 saturated heterocycles. The van der Waals surface area contributed by atoms with E-state index >= 15 is 0 Å². The lowest BCUT2D eigenvalue weighted by Gasteiger charge is -2.22. The Labute approximate surface area is 102 Å². The van der Waals surface area contributed by atoms with Gasteiger partial charge in [-0.1, -0.05) is 32.9 Å². The van der Waals surface area contributed by atoms with Gasteiger partial charge < -0.3 is 16.4 Å². The van der Waals surface area contributed by atoms with E-state index in [1.165, 1.54) is 6.42 Å². The molecule has 16 heavy (non-hydrogen) atoms. The van der Waals surface area contributed by atoms with Gasteiger partial charge in [0.05, 0.1) is 0 Å². The zero-order chi connectivity index (χ0) is 12.4. The summed E-state index contributed by atoms with van der Waals surface area (Å²) >= 11 is 0. The van der Waals surface area contributed by atoms with Gasteiger partial charge in [0.15, 0.2) is 0 Å². The lowest BCUT2D eigenvalue weighted by atomic mass is 9.96. The molecule has 96 valence electrons. The van der Waals surface area contributed by atoms with Crippen molar-refractivity contribution >= 4 is 0 Å². The molecule has 0 heterocycles. The van der Waals surface area contributed by atoms with Crippen LogP contribution in [0, 0.1) is 5.92 Å². The van der Waals surface area contributed by atoms with Crippen molar-refractivity contribution in [3.05, 3.63) is 23.9 Å². The van der Waals surface area contributed by atoms with Crippen molar-refractivity contribution in [3.8, 4) is 0 Å². The van der Waals surface area contributed by atoms with Gasteiger partial charge in [-0.3, -0.25) is 0 Å². The number of hydrogen-bond acceptors (Lipinski definition) is 3. The Morgan fingerprint density at radius 2 is 2.06 bits per heavy atom.